The summed E-state index contributed by atoms with van der Waals surface area (Å²) < 4.78 is 21.0. The van der Waals surface area contributed by atoms with E-state index in [2.05, 4.69) is 16.0 Å². The molecule has 0 bridgehead atoms. The molecule has 182 valence electrons. The van der Waals surface area contributed by atoms with Gasteiger partial charge in [-0.2, -0.15) is 0 Å². The largest absolute Gasteiger partial charge is 0.481 e. The molecule has 11 heteroatoms. The average Bonchev–Trinajstić information content (AvgIpc) is 2.74. The van der Waals surface area contributed by atoms with Crippen LogP contribution in [-0.2, 0) is 33.3 Å². The lowest BCUT2D eigenvalue weighted by atomic mass is 10.0. The molecule has 0 aromatic rings. The molecule has 0 aliphatic heterocycles. The van der Waals surface area contributed by atoms with Crippen molar-refractivity contribution < 1.29 is 38.4 Å². The Labute approximate surface area is 184 Å². The molecule has 0 aromatic heterocycles. The zero-order valence-corrected chi connectivity index (χ0v) is 18.8. The van der Waals surface area contributed by atoms with Crippen molar-refractivity contribution in [1.29, 1.82) is 0 Å². The van der Waals surface area contributed by atoms with Crippen LogP contribution in [0.2, 0.25) is 0 Å². The van der Waals surface area contributed by atoms with Crippen LogP contribution in [0.15, 0.2) is 0 Å². The minimum atomic E-state index is -0.798. The Hall–Kier alpha value is -1.79. The molecule has 0 aliphatic rings. The molecular formula is C20H39N3O8. The predicted molar refractivity (Wildman–Crippen MR) is 114 cm³/mol. The van der Waals surface area contributed by atoms with Gasteiger partial charge in [0, 0.05) is 19.6 Å². The maximum Gasteiger partial charge on any atom is 0.306 e. The van der Waals surface area contributed by atoms with Crippen LogP contribution in [0.25, 0.3) is 0 Å². The van der Waals surface area contributed by atoms with Gasteiger partial charge >= 0.3 is 5.97 Å². The first-order valence-electron chi connectivity index (χ1n) is 10.7. The number of carbonyl (C=O) groups is 3. The van der Waals surface area contributed by atoms with Crippen molar-refractivity contribution in [2.24, 2.45) is 5.92 Å². The van der Waals surface area contributed by atoms with Crippen LogP contribution >= 0.6 is 0 Å². The topological polar surface area (TPSA) is 144 Å². The lowest BCUT2D eigenvalue weighted by molar-refractivity contribution is -0.141. The van der Waals surface area contributed by atoms with E-state index in [0.29, 0.717) is 52.5 Å². The first-order valence-corrected chi connectivity index (χ1v) is 10.7. The zero-order valence-electron chi connectivity index (χ0n) is 18.8. The summed E-state index contributed by atoms with van der Waals surface area (Å²) in [5, 5.41) is 17.1. The smallest absolute Gasteiger partial charge is 0.306 e. The van der Waals surface area contributed by atoms with E-state index >= 15 is 0 Å². The number of unbranched alkanes of at least 4 members (excludes halogenated alkanes) is 1. The summed E-state index contributed by atoms with van der Waals surface area (Å²) in [6.45, 7) is 5.57. The Morgan fingerprint density at radius 3 is 1.81 bits per heavy atom. The second kappa shape index (κ2) is 21.4. The monoisotopic (exact) mass is 449 g/mol. The van der Waals surface area contributed by atoms with Gasteiger partial charge in [0.25, 0.3) is 0 Å². The SMILES string of the molecule is CNCCOCCOCC(=O)NCCOCCOCC(=O)NCCCC[C@H](C)C(=O)O. The van der Waals surface area contributed by atoms with Crippen molar-refractivity contribution in [1.82, 2.24) is 16.0 Å². The minimum Gasteiger partial charge on any atom is -0.481 e. The standard InChI is InChI=1S/C20H39N3O8/c1-17(20(26)27)5-3-4-6-22-18(24)15-30-14-12-29-10-8-23-19(25)16-31-13-11-28-9-7-21-2/h17,21H,3-16H2,1-2H3,(H,22,24)(H,23,25)(H,26,27)/t17-/m0/s1. The molecule has 0 unspecified atom stereocenters. The van der Waals surface area contributed by atoms with Crippen LogP contribution in [-0.4, -0.2) is 102 Å². The number of hydrogen-bond donors (Lipinski definition) is 4. The van der Waals surface area contributed by atoms with Crippen LogP contribution in [0, 0.1) is 5.92 Å². The fourth-order valence-electron chi connectivity index (χ4n) is 2.24. The highest BCUT2D eigenvalue weighted by atomic mass is 16.5. The molecule has 1 atom stereocenters. The molecule has 11 nitrogen and oxygen atoms in total. The summed E-state index contributed by atoms with van der Waals surface area (Å²) in [6.07, 6.45) is 2.07. The molecule has 0 rings (SSSR count). The van der Waals surface area contributed by atoms with Crippen LogP contribution < -0.4 is 16.0 Å². The van der Waals surface area contributed by atoms with Gasteiger partial charge in [0.15, 0.2) is 0 Å². The Kier molecular flexibility index (Phi) is 20.2. The molecule has 0 saturated carbocycles. The van der Waals surface area contributed by atoms with Gasteiger partial charge in [0.2, 0.25) is 11.8 Å². The molecule has 4 N–H and O–H groups in total. The predicted octanol–water partition coefficient (Wildman–Crippen LogP) is -0.604. The van der Waals surface area contributed by atoms with Crippen molar-refractivity contribution in [2.75, 3.05) is 79.5 Å². The molecule has 0 spiro atoms. The van der Waals surface area contributed by atoms with Gasteiger partial charge in [-0.1, -0.05) is 13.3 Å². The van der Waals surface area contributed by atoms with Crippen molar-refractivity contribution in [3.63, 3.8) is 0 Å². The van der Waals surface area contributed by atoms with Crippen molar-refractivity contribution in [3.8, 4) is 0 Å². The van der Waals surface area contributed by atoms with E-state index in [1.807, 2.05) is 7.05 Å². The third-order valence-corrected chi connectivity index (χ3v) is 4.08. The average molecular weight is 450 g/mol. The number of likely N-dealkylation sites (N-methyl/N-ethyl adjacent to an activating group) is 1. The number of rotatable bonds is 22. The molecule has 2 amide bonds. The van der Waals surface area contributed by atoms with Crippen molar-refractivity contribution in [2.45, 2.75) is 26.2 Å². The van der Waals surface area contributed by atoms with Crippen molar-refractivity contribution in [3.05, 3.63) is 0 Å². The number of hydrogen-bond acceptors (Lipinski definition) is 8. The Morgan fingerprint density at radius 2 is 1.26 bits per heavy atom. The summed E-state index contributed by atoms with van der Waals surface area (Å²) in [4.78, 5) is 33.8. The molecule has 0 radical (unpaired) electrons. The number of carbonyl (C=O) groups excluding carboxylic acids is 2. The van der Waals surface area contributed by atoms with Crippen LogP contribution in [0.4, 0.5) is 0 Å². The number of ether oxygens (including phenoxy) is 4. The first-order chi connectivity index (χ1) is 15.0. The molecule has 0 fully saturated rings. The third-order valence-electron chi connectivity index (χ3n) is 4.08. The van der Waals surface area contributed by atoms with Gasteiger partial charge < -0.3 is 40.0 Å². The van der Waals surface area contributed by atoms with Gasteiger partial charge in [0.1, 0.15) is 13.2 Å². The number of carboxylic acid groups (broad SMARTS) is 1. The molecule has 0 heterocycles. The lowest BCUT2D eigenvalue weighted by Gasteiger charge is -2.09. The normalized spacial score (nSPS) is 11.8. The van der Waals surface area contributed by atoms with Gasteiger partial charge in [-0.05, 0) is 19.9 Å². The van der Waals surface area contributed by atoms with E-state index in [4.69, 9.17) is 24.1 Å². The zero-order chi connectivity index (χ0) is 23.2. The lowest BCUT2D eigenvalue weighted by Crippen LogP contribution is -2.31. The van der Waals surface area contributed by atoms with Gasteiger partial charge in [-0.15, -0.1) is 0 Å². The van der Waals surface area contributed by atoms with Crippen LogP contribution in [0.3, 0.4) is 0 Å². The minimum absolute atomic E-state index is 0.0216. The Morgan fingerprint density at radius 1 is 0.742 bits per heavy atom. The summed E-state index contributed by atoms with van der Waals surface area (Å²) in [5.74, 6) is -1.59. The van der Waals surface area contributed by atoms with E-state index in [1.165, 1.54) is 0 Å². The molecule has 0 aliphatic carbocycles. The van der Waals surface area contributed by atoms with Gasteiger partial charge in [-0.25, -0.2) is 0 Å². The molecule has 31 heavy (non-hydrogen) atoms. The summed E-state index contributed by atoms with van der Waals surface area (Å²) in [5.41, 5.74) is 0. The fourth-order valence-corrected chi connectivity index (χ4v) is 2.24. The highest BCUT2D eigenvalue weighted by Crippen LogP contribution is 2.06. The first kappa shape index (κ1) is 29.2. The van der Waals surface area contributed by atoms with Crippen molar-refractivity contribution >= 4 is 17.8 Å². The highest BCUT2D eigenvalue weighted by Gasteiger charge is 2.09. The van der Waals surface area contributed by atoms with E-state index in [0.717, 1.165) is 19.4 Å². The Balaban J connectivity index is 3.33. The second-order valence-electron chi connectivity index (χ2n) is 6.87. The maximum absolute atomic E-state index is 11.6. The number of amides is 2. The summed E-state index contributed by atoms with van der Waals surface area (Å²) >= 11 is 0. The van der Waals surface area contributed by atoms with Gasteiger partial charge in [-0.3, -0.25) is 14.4 Å². The number of aliphatic carboxylic acids is 1. The van der Waals surface area contributed by atoms with E-state index in [9.17, 15) is 14.4 Å². The van der Waals surface area contributed by atoms with E-state index in [-0.39, 0.29) is 37.6 Å². The number of nitrogens with one attached hydrogen (secondary N) is 3. The van der Waals surface area contributed by atoms with E-state index in [1.54, 1.807) is 6.92 Å². The van der Waals surface area contributed by atoms with Gasteiger partial charge in [0.05, 0.1) is 45.6 Å². The second-order valence-corrected chi connectivity index (χ2v) is 6.87. The molecule has 0 saturated heterocycles. The molecule has 0 aromatic carbocycles. The maximum atomic E-state index is 11.6. The third kappa shape index (κ3) is 21.2. The van der Waals surface area contributed by atoms with E-state index < -0.39 is 5.97 Å². The van der Waals surface area contributed by atoms with Crippen LogP contribution in [0.1, 0.15) is 26.2 Å². The summed E-state index contributed by atoms with van der Waals surface area (Å²) in [7, 11) is 1.85. The summed E-state index contributed by atoms with van der Waals surface area (Å²) in [6, 6.07) is 0. The van der Waals surface area contributed by atoms with Crippen LogP contribution in [0.5, 0.6) is 0 Å². The fraction of sp³-hybridized carbons (Fsp3) is 0.850. The number of carboxylic acids is 1. The molecular weight excluding hydrogens is 410 g/mol. The highest BCUT2D eigenvalue weighted by molar-refractivity contribution is 5.77. The Bertz CT molecular complexity index is 479. The quantitative estimate of drug-likeness (QED) is 0.159.